The van der Waals surface area contributed by atoms with Crippen molar-refractivity contribution in [3.05, 3.63) is 18.1 Å². The number of rotatable bonds is 7. The van der Waals surface area contributed by atoms with Crippen LogP contribution in [0.4, 0.5) is 5.82 Å². The van der Waals surface area contributed by atoms with E-state index >= 15 is 0 Å². The quantitative estimate of drug-likeness (QED) is 0.731. The van der Waals surface area contributed by atoms with Crippen LogP contribution in [-0.4, -0.2) is 40.7 Å². The number of carbonyl (C=O) groups excluding carboxylic acids is 1. The fraction of sp³-hybridized carbons (Fsp3) is 0.538. The van der Waals surface area contributed by atoms with E-state index in [0.717, 1.165) is 0 Å². The molecule has 0 atom stereocenters. The van der Waals surface area contributed by atoms with Gasteiger partial charge in [0.15, 0.2) is 5.69 Å². The summed E-state index contributed by atoms with van der Waals surface area (Å²) in [6, 6.07) is 1.43. The van der Waals surface area contributed by atoms with Gasteiger partial charge in [-0.2, -0.15) is 0 Å². The van der Waals surface area contributed by atoms with E-state index in [-0.39, 0.29) is 12.2 Å². The van der Waals surface area contributed by atoms with E-state index in [2.05, 4.69) is 20.0 Å². The molecule has 0 aliphatic carbocycles. The van der Waals surface area contributed by atoms with E-state index < -0.39 is 17.4 Å². The molecule has 0 aliphatic heterocycles. The van der Waals surface area contributed by atoms with Gasteiger partial charge in [0, 0.05) is 12.6 Å². The van der Waals surface area contributed by atoms with Gasteiger partial charge >= 0.3 is 11.9 Å². The fourth-order valence-electron chi connectivity index (χ4n) is 1.81. The van der Waals surface area contributed by atoms with Gasteiger partial charge in [0.25, 0.3) is 0 Å². The fourth-order valence-corrected chi connectivity index (χ4v) is 1.81. The van der Waals surface area contributed by atoms with E-state index in [1.54, 1.807) is 0 Å². The maximum Gasteiger partial charge on any atom is 0.356 e. The lowest BCUT2D eigenvalue weighted by Crippen LogP contribution is -2.37. The first-order chi connectivity index (χ1) is 9.49. The van der Waals surface area contributed by atoms with Crippen molar-refractivity contribution in [2.75, 3.05) is 19.0 Å². The highest BCUT2D eigenvalue weighted by Gasteiger charge is 2.34. The van der Waals surface area contributed by atoms with Gasteiger partial charge in [0.2, 0.25) is 0 Å². The second-order valence-electron chi connectivity index (χ2n) is 4.43. The summed E-state index contributed by atoms with van der Waals surface area (Å²) in [6.45, 7) is 3.89. The lowest BCUT2D eigenvalue weighted by atomic mass is 9.82. The Labute approximate surface area is 117 Å². The van der Waals surface area contributed by atoms with Crippen molar-refractivity contribution in [1.82, 2.24) is 9.97 Å². The number of anilines is 1. The molecule has 20 heavy (non-hydrogen) atoms. The van der Waals surface area contributed by atoms with E-state index in [4.69, 9.17) is 0 Å². The third-order valence-electron chi connectivity index (χ3n) is 3.48. The number of nitrogens with zero attached hydrogens (tertiary/aromatic N) is 2. The molecule has 0 saturated carbocycles. The van der Waals surface area contributed by atoms with Crippen LogP contribution in [0.15, 0.2) is 12.4 Å². The van der Waals surface area contributed by atoms with Gasteiger partial charge in [0.05, 0.1) is 12.5 Å². The molecular weight excluding hydrogens is 262 g/mol. The first-order valence-corrected chi connectivity index (χ1v) is 6.36. The molecule has 0 amide bonds. The van der Waals surface area contributed by atoms with Gasteiger partial charge in [-0.3, -0.25) is 4.79 Å². The Morgan fingerprint density at radius 2 is 2.00 bits per heavy atom. The van der Waals surface area contributed by atoms with Gasteiger partial charge in [0.1, 0.15) is 12.1 Å². The highest BCUT2D eigenvalue weighted by Crippen LogP contribution is 2.27. The Morgan fingerprint density at radius 3 is 2.50 bits per heavy atom. The van der Waals surface area contributed by atoms with Crippen LogP contribution in [-0.2, 0) is 9.53 Å². The van der Waals surface area contributed by atoms with E-state index in [0.29, 0.717) is 18.7 Å². The molecule has 0 radical (unpaired) electrons. The molecule has 0 unspecified atom stereocenters. The second kappa shape index (κ2) is 6.83. The zero-order valence-corrected chi connectivity index (χ0v) is 11.8. The first-order valence-electron chi connectivity index (χ1n) is 6.36. The summed E-state index contributed by atoms with van der Waals surface area (Å²) in [6.07, 6.45) is 2.23. The van der Waals surface area contributed by atoms with Gasteiger partial charge in [-0.25, -0.2) is 14.8 Å². The Balaban J connectivity index is 2.83. The van der Waals surface area contributed by atoms with Crippen LogP contribution in [0, 0.1) is 5.41 Å². The lowest BCUT2D eigenvalue weighted by Gasteiger charge is -2.27. The van der Waals surface area contributed by atoms with Crippen molar-refractivity contribution in [2.45, 2.75) is 26.7 Å². The van der Waals surface area contributed by atoms with Crippen molar-refractivity contribution in [1.29, 1.82) is 0 Å². The number of carboxylic acid groups (broad SMARTS) is 1. The van der Waals surface area contributed by atoms with Crippen LogP contribution in [0.5, 0.6) is 0 Å². The predicted octanol–water partition coefficient (Wildman–Crippen LogP) is 1.57. The molecule has 7 nitrogen and oxygen atoms in total. The van der Waals surface area contributed by atoms with Crippen molar-refractivity contribution < 1.29 is 19.4 Å². The van der Waals surface area contributed by atoms with Gasteiger partial charge < -0.3 is 15.2 Å². The number of carboxylic acids is 1. The zero-order valence-electron chi connectivity index (χ0n) is 11.8. The summed E-state index contributed by atoms with van der Waals surface area (Å²) in [5.74, 6) is -1.02. The molecule has 0 bridgehead atoms. The number of esters is 1. The maximum absolute atomic E-state index is 11.4. The van der Waals surface area contributed by atoms with Gasteiger partial charge in [-0.1, -0.05) is 13.8 Å². The van der Waals surface area contributed by atoms with Crippen molar-refractivity contribution in [3.8, 4) is 0 Å². The van der Waals surface area contributed by atoms with Crippen LogP contribution >= 0.6 is 0 Å². The highest BCUT2D eigenvalue weighted by molar-refractivity contribution is 5.87. The molecule has 1 heterocycles. The molecule has 0 spiro atoms. The molecular formula is C13H19N3O4. The predicted molar refractivity (Wildman–Crippen MR) is 72.5 cm³/mol. The number of ether oxygens (including phenoxy) is 1. The molecule has 7 heteroatoms. The van der Waals surface area contributed by atoms with Crippen LogP contribution in [0.2, 0.25) is 0 Å². The van der Waals surface area contributed by atoms with Crippen molar-refractivity contribution in [3.63, 3.8) is 0 Å². The van der Waals surface area contributed by atoms with Gasteiger partial charge in [-0.15, -0.1) is 0 Å². The third kappa shape index (κ3) is 3.43. The number of carbonyl (C=O) groups is 2. The molecule has 1 aromatic rings. The minimum absolute atomic E-state index is 0.124. The van der Waals surface area contributed by atoms with Crippen LogP contribution < -0.4 is 5.32 Å². The number of methoxy groups -OCH3 is 1. The van der Waals surface area contributed by atoms with Gasteiger partial charge in [-0.05, 0) is 12.8 Å². The second-order valence-corrected chi connectivity index (χ2v) is 4.43. The largest absolute Gasteiger partial charge is 0.481 e. The molecule has 2 N–H and O–H groups in total. The molecule has 0 aromatic carbocycles. The molecule has 110 valence electrons. The molecule has 1 aromatic heterocycles. The Kier molecular flexibility index (Phi) is 5.42. The molecule has 0 aliphatic rings. The highest BCUT2D eigenvalue weighted by atomic mass is 16.5. The normalized spacial score (nSPS) is 10.9. The number of nitrogens with one attached hydrogen (secondary N) is 1. The molecule has 0 saturated heterocycles. The minimum atomic E-state index is -0.851. The van der Waals surface area contributed by atoms with Crippen LogP contribution in [0.3, 0.4) is 0 Å². The smallest absolute Gasteiger partial charge is 0.356 e. The minimum Gasteiger partial charge on any atom is -0.481 e. The number of hydrogen-bond acceptors (Lipinski definition) is 6. The van der Waals surface area contributed by atoms with Crippen LogP contribution in [0.25, 0.3) is 0 Å². The number of aliphatic carboxylic acids is 1. The summed E-state index contributed by atoms with van der Waals surface area (Å²) in [7, 11) is 1.27. The summed E-state index contributed by atoms with van der Waals surface area (Å²) in [5, 5.41) is 12.3. The SMILES string of the molecule is CCC(CC)(CNc1cc(C(=O)OC)ncn1)C(=O)O. The average molecular weight is 281 g/mol. The summed E-state index contributed by atoms with van der Waals surface area (Å²) < 4.78 is 4.57. The van der Waals surface area contributed by atoms with E-state index in [9.17, 15) is 14.7 Å². The summed E-state index contributed by atoms with van der Waals surface area (Å²) in [5.41, 5.74) is -0.727. The summed E-state index contributed by atoms with van der Waals surface area (Å²) >= 11 is 0. The number of aromatic nitrogens is 2. The maximum atomic E-state index is 11.4. The lowest BCUT2D eigenvalue weighted by molar-refractivity contribution is -0.148. The van der Waals surface area contributed by atoms with Crippen molar-refractivity contribution >= 4 is 17.8 Å². The number of hydrogen-bond donors (Lipinski definition) is 2. The van der Waals surface area contributed by atoms with E-state index in [1.807, 2.05) is 13.8 Å². The van der Waals surface area contributed by atoms with E-state index in [1.165, 1.54) is 19.5 Å². The first kappa shape index (κ1) is 15.9. The topological polar surface area (TPSA) is 101 Å². The third-order valence-corrected chi connectivity index (χ3v) is 3.48. The van der Waals surface area contributed by atoms with Crippen LogP contribution in [0.1, 0.15) is 37.2 Å². The molecule has 0 fully saturated rings. The Morgan fingerprint density at radius 1 is 1.35 bits per heavy atom. The monoisotopic (exact) mass is 281 g/mol. The Hall–Kier alpha value is -2.18. The Bertz CT molecular complexity index is 486. The average Bonchev–Trinajstić information content (AvgIpc) is 2.48. The van der Waals surface area contributed by atoms with Crippen molar-refractivity contribution in [2.24, 2.45) is 5.41 Å². The summed E-state index contributed by atoms with van der Waals surface area (Å²) in [4.78, 5) is 30.5. The zero-order chi connectivity index (χ0) is 15.2. The molecule has 1 rings (SSSR count). The standard InChI is InChI=1S/C13H19N3O4/c1-4-13(5-2,12(18)19)7-14-10-6-9(11(17)20-3)15-8-16-10/h6,8H,4-5,7H2,1-3H3,(H,18,19)(H,14,15,16).